The number of benzene rings is 1. The molecule has 1 aliphatic heterocycles. The van der Waals surface area contributed by atoms with Crippen molar-refractivity contribution < 1.29 is 13.2 Å². The molecule has 1 aromatic rings. The molecule has 2 rings (SSSR count). The molecule has 6 heteroatoms. The number of halogens is 4. The van der Waals surface area contributed by atoms with Crippen LogP contribution in [0.5, 0.6) is 0 Å². The number of hydrogen-bond acceptors (Lipinski definition) is 2. The summed E-state index contributed by atoms with van der Waals surface area (Å²) in [7, 11) is 0. The fraction of sp³-hybridized carbons (Fsp3) is 0.538. The molecule has 0 aromatic heterocycles. The van der Waals surface area contributed by atoms with Gasteiger partial charge in [0.15, 0.2) is 0 Å². The molecule has 0 bridgehead atoms. The van der Waals surface area contributed by atoms with Crippen molar-refractivity contribution in [2.45, 2.75) is 25.7 Å². The third-order valence-electron chi connectivity index (χ3n) is 3.22. The van der Waals surface area contributed by atoms with E-state index in [9.17, 15) is 13.2 Å². The van der Waals surface area contributed by atoms with Crippen LogP contribution in [0.1, 0.15) is 18.1 Å². The van der Waals surface area contributed by atoms with Gasteiger partial charge in [-0.25, -0.2) is 0 Å². The minimum Gasteiger partial charge on any atom is -0.312 e. The van der Waals surface area contributed by atoms with Crippen molar-refractivity contribution in [2.75, 3.05) is 19.6 Å². The zero-order valence-corrected chi connectivity index (χ0v) is 12.2. The standard InChI is InChI=1S/C13H16BrF3N2/c1-9-7-19(5-4-18-9)8-10-6-11(13(15,16)17)2-3-12(10)14/h2-3,6,9,18H,4-5,7-8H2,1H3/t9-/m0/s1. The lowest BCUT2D eigenvalue weighted by molar-refractivity contribution is -0.137. The van der Waals surface area contributed by atoms with Gasteiger partial charge in [0.05, 0.1) is 5.56 Å². The topological polar surface area (TPSA) is 15.3 Å². The van der Waals surface area contributed by atoms with Crippen molar-refractivity contribution in [3.8, 4) is 0 Å². The third kappa shape index (κ3) is 3.94. The number of piperazine rings is 1. The molecule has 1 aliphatic rings. The highest BCUT2D eigenvalue weighted by atomic mass is 79.9. The molecule has 0 saturated carbocycles. The number of nitrogens with one attached hydrogen (secondary N) is 1. The highest BCUT2D eigenvalue weighted by Crippen LogP contribution is 2.32. The van der Waals surface area contributed by atoms with Gasteiger partial charge in [-0.3, -0.25) is 4.90 Å². The van der Waals surface area contributed by atoms with Crippen LogP contribution in [0.25, 0.3) is 0 Å². The highest BCUT2D eigenvalue weighted by molar-refractivity contribution is 9.10. The predicted octanol–water partition coefficient (Wildman–Crippen LogP) is 3.26. The first-order valence-corrected chi connectivity index (χ1v) is 6.97. The van der Waals surface area contributed by atoms with Crippen LogP contribution in [-0.4, -0.2) is 30.6 Å². The van der Waals surface area contributed by atoms with Gasteiger partial charge in [-0.05, 0) is 30.7 Å². The normalized spacial score (nSPS) is 21.6. The van der Waals surface area contributed by atoms with E-state index >= 15 is 0 Å². The minimum absolute atomic E-state index is 0.373. The number of alkyl halides is 3. The van der Waals surface area contributed by atoms with Crippen molar-refractivity contribution >= 4 is 15.9 Å². The van der Waals surface area contributed by atoms with E-state index < -0.39 is 11.7 Å². The molecule has 1 fully saturated rings. The Kier molecular flexibility index (Phi) is 4.53. The molecule has 1 heterocycles. The molecule has 1 saturated heterocycles. The van der Waals surface area contributed by atoms with Gasteiger partial charge in [-0.15, -0.1) is 0 Å². The summed E-state index contributed by atoms with van der Waals surface area (Å²) in [5.41, 5.74) is 0.0952. The van der Waals surface area contributed by atoms with Crippen LogP contribution in [0.3, 0.4) is 0 Å². The molecular formula is C13H16BrF3N2. The molecule has 0 radical (unpaired) electrons. The van der Waals surface area contributed by atoms with Crippen LogP contribution in [0, 0.1) is 0 Å². The Balaban J connectivity index is 2.15. The van der Waals surface area contributed by atoms with Crippen molar-refractivity contribution in [1.82, 2.24) is 10.2 Å². The Morgan fingerprint density at radius 1 is 1.42 bits per heavy atom. The van der Waals surface area contributed by atoms with Crippen LogP contribution < -0.4 is 5.32 Å². The first-order chi connectivity index (χ1) is 8.86. The van der Waals surface area contributed by atoms with Crippen LogP contribution in [0.2, 0.25) is 0 Å². The summed E-state index contributed by atoms with van der Waals surface area (Å²) in [5, 5.41) is 3.31. The first kappa shape index (κ1) is 14.8. The summed E-state index contributed by atoms with van der Waals surface area (Å²) in [5.74, 6) is 0. The Morgan fingerprint density at radius 2 is 2.16 bits per heavy atom. The van der Waals surface area contributed by atoms with Crippen LogP contribution in [0.4, 0.5) is 13.2 Å². The van der Waals surface area contributed by atoms with E-state index in [0.717, 1.165) is 30.2 Å². The molecule has 2 nitrogen and oxygen atoms in total. The van der Waals surface area contributed by atoms with Gasteiger partial charge in [-0.1, -0.05) is 15.9 Å². The summed E-state index contributed by atoms with van der Waals surface area (Å²) in [6.07, 6.45) is -4.29. The number of rotatable bonds is 2. The van der Waals surface area contributed by atoms with Gasteiger partial charge in [0, 0.05) is 36.7 Å². The summed E-state index contributed by atoms with van der Waals surface area (Å²) in [4.78, 5) is 2.17. The maximum absolute atomic E-state index is 12.7. The second-order valence-corrected chi connectivity index (χ2v) is 5.75. The van der Waals surface area contributed by atoms with E-state index in [1.165, 1.54) is 12.1 Å². The van der Waals surface area contributed by atoms with Gasteiger partial charge in [0.25, 0.3) is 0 Å². The maximum atomic E-state index is 12.7. The van der Waals surface area contributed by atoms with Crippen molar-refractivity contribution in [3.63, 3.8) is 0 Å². The molecule has 0 unspecified atom stereocenters. The number of hydrogen-bond donors (Lipinski definition) is 1. The average Bonchev–Trinajstić information content (AvgIpc) is 2.30. The smallest absolute Gasteiger partial charge is 0.312 e. The van der Waals surface area contributed by atoms with Crippen LogP contribution >= 0.6 is 15.9 Å². The van der Waals surface area contributed by atoms with Crippen molar-refractivity contribution in [1.29, 1.82) is 0 Å². The summed E-state index contributed by atoms with van der Waals surface area (Å²) in [6.45, 7) is 5.19. The second kappa shape index (κ2) is 5.81. The van der Waals surface area contributed by atoms with Gasteiger partial charge < -0.3 is 5.32 Å². The Hall–Kier alpha value is -0.590. The van der Waals surface area contributed by atoms with Gasteiger partial charge in [0.1, 0.15) is 0 Å². The van der Waals surface area contributed by atoms with Crippen molar-refractivity contribution in [2.24, 2.45) is 0 Å². The molecule has 1 atom stereocenters. The average molecular weight is 337 g/mol. The molecule has 106 valence electrons. The molecule has 1 aromatic carbocycles. The fourth-order valence-corrected chi connectivity index (χ4v) is 2.64. The van der Waals surface area contributed by atoms with Gasteiger partial charge in [-0.2, -0.15) is 13.2 Å². The van der Waals surface area contributed by atoms with Crippen LogP contribution in [0.15, 0.2) is 22.7 Å². The Bertz CT molecular complexity index is 448. The largest absolute Gasteiger partial charge is 0.416 e. The number of nitrogens with zero attached hydrogens (tertiary/aromatic N) is 1. The van der Waals surface area contributed by atoms with Crippen molar-refractivity contribution in [3.05, 3.63) is 33.8 Å². The zero-order valence-electron chi connectivity index (χ0n) is 10.6. The summed E-state index contributed by atoms with van der Waals surface area (Å²) >= 11 is 3.33. The summed E-state index contributed by atoms with van der Waals surface area (Å²) < 4.78 is 38.8. The lowest BCUT2D eigenvalue weighted by Crippen LogP contribution is -2.48. The van der Waals surface area contributed by atoms with Gasteiger partial charge in [0.2, 0.25) is 0 Å². The third-order valence-corrected chi connectivity index (χ3v) is 3.99. The molecular weight excluding hydrogens is 321 g/mol. The Morgan fingerprint density at radius 3 is 2.79 bits per heavy atom. The first-order valence-electron chi connectivity index (χ1n) is 6.17. The maximum Gasteiger partial charge on any atom is 0.416 e. The lowest BCUT2D eigenvalue weighted by Gasteiger charge is -2.32. The zero-order chi connectivity index (χ0) is 14.0. The van der Waals surface area contributed by atoms with E-state index in [1.54, 1.807) is 0 Å². The molecule has 0 aliphatic carbocycles. The van der Waals surface area contributed by atoms with Crippen LogP contribution in [-0.2, 0) is 12.7 Å². The van der Waals surface area contributed by atoms with E-state index in [0.29, 0.717) is 18.2 Å². The highest BCUT2D eigenvalue weighted by Gasteiger charge is 2.31. The Labute approximate surface area is 119 Å². The monoisotopic (exact) mass is 336 g/mol. The molecule has 0 amide bonds. The lowest BCUT2D eigenvalue weighted by atomic mass is 10.1. The van der Waals surface area contributed by atoms with Gasteiger partial charge >= 0.3 is 6.18 Å². The van der Waals surface area contributed by atoms with E-state index in [-0.39, 0.29) is 0 Å². The minimum atomic E-state index is -4.29. The summed E-state index contributed by atoms with van der Waals surface area (Å²) in [6, 6.07) is 4.19. The molecule has 0 spiro atoms. The van der Waals surface area contributed by atoms with E-state index in [1.807, 2.05) is 0 Å². The quantitative estimate of drug-likeness (QED) is 0.891. The SMILES string of the molecule is C[C@H]1CN(Cc2cc(C(F)(F)F)ccc2Br)CCN1. The van der Waals surface area contributed by atoms with E-state index in [4.69, 9.17) is 0 Å². The fourth-order valence-electron chi connectivity index (χ4n) is 2.27. The molecule has 19 heavy (non-hydrogen) atoms. The molecule has 1 N–H and O–H groups in total. The predicted molar refractivity (Wildman–Crippen MR) is 71.9 cm³/mol. The van der Waals surface area contributed by atoms with E-state index in [2.05, 4.69) is 33.1 Å². The second-order valence-electron chi connectivity index (χ2n) is 4.89.